The van der Waals surface area contributed by atoms with Crippen LogP contribution < -0.4 is 5.73 Å². The molecule has 4 nitrogen and oxygen atoms in total. The third kappa shape index (κ3) is 3.98. The number of carbonyl (C=O) groups is 1. The molecule has 0 spiro atoms. The Balaban J connectivity index is 3.92. The largest absolute Gasteiger partial charge is 0.482 e. The lowest BCUT2D eigenvalue weighted by molar-refractivity contribution is -0.137. The number of hydrogen-bond acceptors (Lipinski definition) is 3. The van der Waals surface area contributed by atoms with E-state index in [0.717, 1.165) is 11.8 Å². The van der Waals surface area contributed by atoms with Gasteiger partial charge < -0.3 is 10.8 Å². The van der Waals surface area contributed by atoms with E-state index in [1.165, 1.54) is 0 Å². The molecule has 0 aliphatic rings. The van der Waals surface area contributed by atoms with Crippen LogP contribution in [-0.2, 0) is 4.79 Å². The number of rotatable bonds is 3. The van der Waals surface area contributed by atoms with E-state index in [9.17, 15) is 4.79 Å². The summed E-state index contributed by atoms with van der Waals surface area (Å²) in [5.74, 6) is -0.538. The Morgan fingerprint density at radius 2 is 2.18 bits per heavy atom. The molecule has 0 amide bonds. The maximum absolute atomic E-state index is 10.5. The minimum atomic E-state index is -0.869. The van der Waals surface area contributed by atoms with Crippen LogP contribution in [0.25, 0.3) is 0 Å². The zero-order valence-electron chi connectivity index (χ0n) is 6.55. The van der Waals surface area contributed by atoms with E-state index < -0.39 is 11.2 Å². The Bertz CT molecular complexity index is 185. The van der Waals surface area contributed by atoms with Crippen molar-refractivity contribution in [3.8, 4) is 0 Å². The average Bonchev–Trinajstić information content (AvgIpc) is 1.84. The van der Waals surface area contributed by atoms with Crippen LogP contribution in [0.1, 0.15) is 0 Å². The number of amidine groups is 1. The van der Waals surface area contributed by atoms with Crippen LogP contribution in [-0.4, -0.2) is 37.7 Å². The van der Waals surface area contributed by atoms with Crippen molar-refractivity contribution in [2.45, 2.75) is 5.21 Å². The van der Waals surface area contributed by atoms with E-state index in [2.05, 4.69) is 0 Å². The van der Waals surface area contributed by atoms with Crippen LogP contribution in [0.3, 0.4) is 0 Å². The topological polar surface area (TPSA) is 87.2 Å². The lowest BCUT2D eigenvalue weighted by Gasteiger charge is -2.17. The van der Waals surface area contributed by atoms with Gasteiger partial charge in [-0.05, 0) is 0 Å². The predicted molar refractivity (Wildman–Crippen MR) is 51.8 cm³/mol. The highest BCUT2D eigenvalue weighted by Crippen LogP contribution is 2.21. The minimum absolute atomic E-state index is 0.0423. The number of carboxylic acid groups (broad SMARTS) is 1. The number of hydrogen-bond donors (Lipinski definition) is 3. The van der Waals surface area contributed by atoms with Gasteiger partial charge in [-0.2, -0.15) is 0 Å². The van der Waals surface area contributed by atoms with Crippen molar-refractivity contribution in [2.24, 2.45) is 5.73 Å². The monoisotopic (exact) mass is 172 g/mol. The maximum Gasteiger partial charge on any atom is 0.294 e. The van der Waals surface area contributed by atoms with Crippen LogP contribution >= 0.6 is 11.8 Å². The first-order chi connectivity index (χ1) is 4.86. The van der Waals surface area contributed by atoms with Gasteiger partial charge in [-0.15, -0.1) is 0 Å². The highest BCUT2D eigenvalue weighted by Gasteiger charge is 2.27. The molecule has 0 aromatic carbocycles. The summed E-state index contributed by atoms with van der Waals surface area (Å²) in [7, 11) is 3.20. The Labute approximate surface area is 71.2 Å². The van der Waals surface area contributed by atoms with Crippen LogP contribution in [0, 0.1) is 5.41 Å². The predicted octanol–water partition coefficient (Wildman–Crippen LogP) is -1.92. The molecule has 0 aromatic rings. The van der Waals surface area contributed by atoms with Crippen LogP contribution in [0.2, 0.25) is 5.21 Å². The molecule has 0 rings (SSSR count). The van der Waals surface area contributed by atoms with Crippen molar-refractivity contribution in [3.05, 3.63) is 0 Å². The number of thioether (sulfide) groups is 1. The quantitative estimate of drug-likeness (QED) is 0.263. The van der Waals surface area contributed by atoms with Gasteiger partial charge >= 0.3 is 0 Å². The summed E-state index contributed by atoms with van der Waals surface area (Å²) in [4.78, 5) is 10.5. The molecule has 0 fully saturated rings. The van der Waals surface area contributed by atoms with Gasteiger partial charge in [0.25, 0.3) is 5.97 Å². The van der Waals surface area contributed by atoms with Gasteiger partial charge in [-0.25, -0.2) is 0 Å². The molecule has 0 aromatic heterocycles. The van der Waals surface area contributed by atoms with Gasteiger partial charge in [0.15, 0.2) is 5.17 Å². The van der Waals surface area contributed by atoms with Gasteiger partial charge in [-0.1, -0.05) is 11.8 Å². The summed E-state index contributed by atoms with van der Waals surface area (Å²) in [5.41, 5.74) is 5.05. The molecule has 0 saturated carbocycles. The van der Waals surface area contributed by atoms with E-state index in [1.54, 1.807) is 15.7 Å². The van der Waals surface area contributed by atoms with E-state index in [4.69, 9.17) is 16.2 Å². The molecule has 0 aliphatic heterocycles. The lowest BCUT2D eigenvalue weighted by atomic mass is 9.56. The zero-order valence-corrected chi connectivity index (χ0v) is 7.36. The summed E-state index contributed by atoms with van der Waals surface area (Å²) in [5, 5.41) is 14.6. The highest BCUT2D eigenvalue weighted by molar-refractivity contribution is 8.13. The number of nitrogens with one attached hydrogen (secondary N) is 1. The van der Waals surface area contributed by atoms with E-state index in [1.807, 2.05) is 0 Å². The van der Waals surface area contributed by atoms with E-state index >= 15 is 0 Å². The fourth-order valence-electron chi connectivity index (χ4n) is 0.320. The average molecular weight is 172 g/mol. The molecule has 0 saturated heterocycles. The Kier molecular flexibility index (Phi) is 3.51. The number of aliphatic carboxylic acids is 1. The molecule has 0 atom stereocenters. The van der Waals surface area contributed by atoms with Crippen LogP contribution in [0.5, 0.6) is 0 Å². The third-order valence-corrected chi connectivity index (χ3v) is 2.34. The third-order valence-electron chi connectivity index (χ3n) is 1.17. The van der Waals surface area contributed by atoms with Crippen molar-refractivity contribution in [2.75, 3.05) is 5.75 Å². The first kappa shape index (κ1) is 10.4. The summed E-state index contributed by atoms with van der Waals surface area (Å²) in [6.07, 6.45) is 0. The number of nitrogens with two attached hydrogens (primary N) is 1. The minimum Gasteiger partial charge on any atom is -0.482 e. The molecule has 60 valence electrons. The van der Waals surface area contributed by atoms with Gasteiger partial charge in [-0.3, -0.25) is 10.2 Å². The smallest absolute Gasteiger partial charge is 0.294 e. The molecule has 11 heavy (non-hydrogen) atoms. The molecule has 0 aliphatic carbocycles. The molecule has 0 bridgehead atoms. The van der Waals surface area contributed by atoms with Crippen LogP contribution in [0.4, 0.5) is 0 Å². The molecule has 0 unspecified atom stereocenters. The van der Waals surface area contributed by atoms with Gasteiger partial charge in [0.05, 0.1) is 0 Å². The van der Waals surface area contributed by atoms with Crippen molar-refractivity contribution in [3.63, 3.8) is 0 Å². The lowest BCUT2D eigenvalue weighted by Crippen LogP contribution is -2.28. The van der Waals surface area contributed by atoms with Gasteiger partial charge in [0, 0.05) is 11.0 Å². The first-order valence-corrected chi connectivity index (χ1v) is 4.05. The van der Waals surface area contributed by atoms with E-state index in [-0.39, 0.29) is 5.17 Å². The van der Waals surface area contributed by atoms with Crippen molar-refractivity contribution >= 4 is 38.6 Å². The summed E-state index contributed by atoms with van der Waals surface area (Å²) in [6.45, 7) is 0. The Morgan fingerprint density at radius 3 is 2.45 bits per heavy atom. The van der Waals surface area contributed by atoms with Crippen molar-refractivity contribution < 1.29 is 9.90 Å². The second kappa shape index (κ2) is 3.71. The maximum atomic E-state index is 10.5. The summed E-state index contributed by atoms with van der Waals surface area (Å²) < 4.78 is 0. The zero-order chi connectivity index (χ0) is 9.07. The molecule has 0 radical (unpaired) electrons. The molecular formula is C4H10B2N2O2S. The number of carboxylic acids is 1. The van der Waals surface area contributed by atoms with Crippen molar-refractivity contribution in [1.29, 1.82) is 5.41 Å². The summed E-state index contributed by atoms with van der Waals surface area (Å²) >= 11 is 1.05. The highest BCUT2D eigenvalue weighted by atomic mass is 32.2. The molecule has 7 heteroatoms. The normalized spacial score (nSPS) is 10.9. The second-order valence-electron chi connectivity index (χ2n) is 2.84. The standard InChI is InChI=1S/C4H10B2N2O2S/c5-4(6,2(9)10)1-11-3(7)8/h1,5-6H2,(H3,7,8)(H,9,10). The van der Waals surface area contributed by atoms with E-state index in [0.29, 0.717) is 5.75 Å². The fourth-order valence-corrected chi connectivity index (χ4v) is 0.960. The summed E-state index contributed by atoms with van der Waals surface area (Å²) in [6, 6.07) is 0. The molecular weight excluding hydrogens is 162 g/mol. The first-order valence-electron chi connectivity index (χ1n) is 3.06. The second-order valence-corrected chi connectivity index (χ2v) is 3.86. The van der Waals surface area contributed by atoms with Crippen molar-refractivity contribution in [1.82, 2.24) is 0 Å². The van der Waals surface area contributed by atoms with Crippen LogP contribution in [0.15, 0.2) is 0 Å². The Hall–Kier alpha value is -0.580. The fraction of sp³-hybridized carbons (Fsp3) is 0.500. The Morgan fingerprint density at radius 1 is 1.73 bits per heavy atom. The molecule has 4 N–H and O–H groups in total. The molecule has 0 heterocycles. The SMILES string of the molecule is BC(B)(CSC(=N)N)C(=O)O. The van der Waals surface area contributed by atoms with Gasteiger partial charge in [0.1, 0.15) is 15.7 Å². The van der Waals surface area contributed by atoms with Gasteiger partial charge in [0.2, 0.25) is 0 Å².